The molecule has 3 atom stereocenters. The van der Waals surface area contributed by atoms with E-state index in [1.54, 1.807) is 0 Å². The van der Waals surface area contributed by atoms with Crippen LogP contribution in [0, 0.1) is 0 Å². The molecule has 0 radical (unpaired) electrons. The first-order chi connectivity index (χ1) is 16.3. The summed E-state index contributed by atoms with van der Waals surface area (Å²) in [5.41, 5.74) is 5.48. The van der Waals surface area contributed by atoms with E-state index in [-0.39, 0.29) is 33.9 Å². The van der Waals surface area contributed by atoms with E-state index in [4.69, 9.17) is 15.4 Å². The van der Waals surface area contributed by atoms with E-state index < -0.39 is 34.4 Å². The average Bonchev–Trinajstić information content (AvgIpc) is 3.40. The highest BCUT2D eigenvalue weighted by atomic mass is 32.2. The summed E-state index contributed by atoms with van der Waals surface area (Å²) in [6.07, 6.45) is 0.497. The van der Waals surface area contributed by atoms with Gasteiger partial charge in [0.1, 0.15) is 29.9 Å². The van der Waals surface area contributed by atoms with Crippen LogP contribution in [0.25, 0.3) is 0 Å². The highest BCUT2D eigenvalue weighted by Gasteiger charge is 2.55. The van der Waals surface area contributed by atoms with Crippen molar-refractivity contribution in [1.82, 2.24) is 20.3 Å². The van der Waals surface area contributed by atoms with Crippen molar-refractivity contribution >= 4 is 69.4 Å². The SMILES string of the molecule is CO/N=C(\C(=O)N[C@@H]1C(=O)N2C(C(=O)O)=C(SC3CCN(OC)C3=O)CS[C@H]12)c1csc(N)n1. The predicted molar refractivity (Wildman–Crippen MR) is 124 cm³/mol. The van der Waals surface area contributed by atoms with Crippen molar-refractivity contribution in [3.8, 4) is 0 Å². The number of oxime groups is 1. The van der Waals surface area contributed by atoms with Gasteiger partial charge < -0.3 is 21.0 Å². The normalized spacial score (nSPS) is 24.8. The lowest BCUT2D eigenvalue weighted by atomic mass is 10.0. The van der Waals surface area contributed by atoms with Crippen LogP contribution in [0.15, 0.2) is 21.1 Å². The maximum atomic E-state index is 12.9. The van der Waals surface area contributed by atoms with Crippen LogP contribution in [0.3, 0.4) is 0 Å². The molecule has 3 aliphatic heterocycles. The van der Waals surface area contributed by atoms with E-state index in [1.807, 2.05) is 0 Å². The van der Waals surface area contributed by atoms with Crippen molar-refractivity contribution < 1.29 is 34.0 Å². The third-order valence-electron chi connectivity index (χ3n) is 5.21. The van der Waals surface area contributed by atoms with Crippen molar-refractivity contribution in [3.05, 3.63) is 21.7 Å². The van der Waals surface area contributed by atoms with Crippen LogP contribution < -0.4 is 11.1 Å². The molecule has 1 aromatic rings. The Morgan fingerprint density at radius 2 is 2.12 bits per heavy atom. The van der Waals surface area contributed by atoms with Gasteiger partial charge in [-0.25, -0.2) is 14.8 Å². The number of nitrogens with two attached hydrogens (primary N) is 1. The number of hydroxylamine groups is 2. The first-order valence-electron chi connectivity index (χ1n) is 9.83. The monoisotopic (exact) mass is 528 g/mol. The van der Waals surface area contributed by atoms with Crippen molar-refractivity contribution in [3.63, 3.8) is 0 Å². The summed E-state index contributed by atoms with van der Waals surface area (Å²) in [4.78, 5) is 65.4. The fourth-order valence-electron chi connectivity index (χ4n) is 3.67. The number of anilines is 1. The summed E-state index contributed by atoms with van der Waals surface area (Å²) >= 11 is 3.54. The molecule has 16 heteroatoms. The number of thioether (sulfide) groups is 2. The summed E-state index contributed by atoms with van der Waals surface area (Å²) in [6, 6.07) is -0.964. The number of amides is 3. The minimum atomic E-state index is -1.28. The number of carbonyl (C=O) groups excluding carboxylic acids is 3. The number of aromatic nitrogens is 1. The summed E-state index contributed by atoms with van der Waals surface area (Å²) in [6.45, 7) is 0.408. The van der Waals surface area contributed by atoms with E-state index in [1.165, 1.54) is 36.4 Å². The Hall–Kier alpha value is -2.82. The Labute approximate surface area is 205 Å². The van der Waals surface area contributed by atoms with Gasteiger partial charge in [-0.05, 0) is 6.42 Å². The van der Waals surface area contributed by atoms with Gasteiger partial charge >= 0.3 is 5.97 Å². The number of fused-ring (bicyclic) bond motifs is 1. The Kier molecular flexibility index (Phi) is 7.01. The maximum Gasteiger partial charge on any atom is 0.353 e. The highest BCUT2D eigenvalue weighted by Crippen LogP contribution is 2.45. The van der Waals surface area contributed by atoms with E-state index >= 15 is 0 Å². The number of aliphatic carboxylic acids is 1. The summed E-state index contributed by atoms with van der Waals surface area (Å²) in [7, 11) is 2.66. The van der Waals surface area contributed by atoms with Gasteiger partial charge in [0.15, 0.2) is 10.8 Å². The van der Waals surface area contributed by atoms with Crippen LogP contribution in [-0.2, 0) is 28.9 Å². The van der Waals surface area contributed by atoms with Gasteiger partial charge in [-0.1, -0.05) is 5.16 Å². The van der Waals surface area contributed by atoms with E-state index in [0.717, 1.165) is 28.0 Å². The molecule has 1 unspecified atom stereocenters. The van der Waals surface area contributed by atoms with Gasteiger partial charge in [0.05, 0.1) is 18.9 Å². The van der Waals surface area contributed by atoms with Crippen LogP contribution in [0.4, 0.5) is 5.13 Å². The van der Waals surface area contributed by atoms with Crippen LogP contribution in [0.2, 0.25) is 0 Å². The summed E-state index contributed by atoms with van der Waals surface area (Å²) in [5.74, 6) is -2.54. The first-order valence-corrected chi connectivity index (χ1v) is 12.6. The first kappa shape index (κ1) is 24.3. The second-order valence-corrected chi connectivity index (χ2v) is 10.4. The van der Waals surface area contributed by atoms with Crippen molar-refractivity contribution in [2.24, 2.45) is 5.16 Å². The standard InChI is InChI=1S/C18H20N6O7S3/c1-30-22-10(7-5-33-18(19)20-7)13(25)21-11-15(27)24-12(17(28)29)9(6-32-16(11)24)34-8-3-4-23(31-2)14(8)26/h5,8,11,16H,3-4,6H2,1-2H3,(H2,19,20)(H,21,25)(H,28,29)/b22-10-/t8?,11-,16-/m1/s1. The van der Waals surface area contributed by atoms with Crippen molar-refractivity contribution in [2.45, 2.75) is 23.1 Å². The van der Waals surface area contributed by atoms with Gasteiger partial charge in [0.25, 0.3) is 17.7 Å². The number of carbonyl (C=O) groups is 4. The Balaban J connectivity index is 1.50. The van der Waals surface area contributed by atoms with E-state index in [0.29, 0.717) is 17.9 Å². The Morgan fingerprint density at radius 3 is 2.71 bits per heavy atom. The summed E-state index contributed by atoms with van der Waals surface area (Å²) < 4.78 is 0. The van der Waals surface area contributed by atoms with Crippen molar-refractivity contribution in [1.29, 1.82) is 0 Å². The molecule has 0 aromatic carbocycles. The molecular formula is C18H20N6O7S3. The molecule has 2 fully saturated rings. The summed E-state index contributed by atoms with van der Waals surface area (Å²) in [5, 5.41) is 18.0. The number of rotatable bonds is 8. The third-order valence-corrected chi connectivity index (χ3v) is 8.69. The fraction of sp³-hybridized carbons (Fsp3) is 0.444. The average molecular weight is 529 g/mol. The van der Waals surface area contributed by atoms with Gasteiger partial charge in [0.2, 0.25) is 0 Å². The fourth-order valence-corrected chi connectivity index (χ4v) is 6.97. The van der Waals surface area contributed by atoms with Crippen LogP contribution in [-0.4, -0.2) is 92.6 Å². The van der Waals surface area contributed by atoms with Gasteiger partial charge in [-0.3, -0.25) is 24.1 Å². The van der Waals surface area contributed by atoms with Crippen LogP contribution in [0.1, 0.15) is 12.1 Å². The molecule has 34 heavy (non-hydrogen) atoms. The molecule has 0 spiro atoms. The highest BCUT2D eigenvalue weighted by molar-refractivity contribution is 8.07. The minimum Gasteiger partial charge on any atom is -0.477 e. The zero-order chi connectivity index (χ0) is 24.6. The smallest absolute Gasteiger partial charge is 0.353 e. The quantitative estimate of drug-likeness (QED) is 0.229. The molecular weight excluding hydrogens is 508 g/mol. The number of β-lactam (4-membered cyclic amide) rings is 1. The zero-order valence-electron chi connectivity index (χ0n) is 17.9. The molecule has 1 aromatic heterocycles. The van der Waals surface area contributed by atoms with Crippen LogP contribution >= 0.6 is 34.9 Å². The molecule has 3 aliphatic rings. The molecule has 4 heterocycles. The molecule has 13 nitrogen and oxygen atoms in total. The number of nitrogen functional groups attached to an aromatic ring is 1. The van der Waals surface area contributed by atoms with Crippen molar-refractivity contribution in [2.75, 3.05) is 32.3 Å². The van der Waals surface area contributed by atoms with E-state index in [2.05, 4.69) is 15.5 Å². The topological polar surface area (TPSA) is 177 Å². The lowest BCUT2D eigenvalue weighted by molar-refractivity contribution is -0.166. The lowest BCUT2D eigenvalue weighted by Crippen LogP contribution is -2.71. The number of hydrogen-bond acceptors (Lipinski definition) is 12. The zero-order valence-corrected chi connectivity index (χ0v) is 20.4. The number of carboxylic acids is 1. The molecule has 3 amide bonds. The number of hydrogen-bond donors (Lipinski definition) is 3. The second kappa shape index (κ2) is 9.81. The maximum absolute atomic E-state index is 12.9. The minimum absolute atomic E-state index is 0.157. The van der Waals surface area contributed by atoms with Gasteiger partial charge in [-0.15, -0.1) is 34.9 Å². The van der Waals surface area contributed by atoms with Gasteiger partial charge in [-0.2, -0.15) is 0 Å². The molecule has 0 aliphatic carbocycles. The molecule has 4 rings (SSSR count). The Bertz CT molecular complexity index is 1110. The van der Waals surface area contributed by atoms with Crippen LogP contribution in [0.5, 0.6) is 0 Å². The molecule has 0 saturated carbocycles. The Morgan fingerprint density at radius 1 is 1.35 bits per heavy atom. The number of nitrogens with zero attached hydrogens (tertiary/aromatic N) is 4. The van der Waals surface area contributed by atoms with Gasteiger partial charge in [0, 0.05) is 16.0 Å². The number of carboxylic acid groups (broad SMARTS) is 1. The predicted octanol–water partition coefficient (Wildman–Crippen LogP) is -0.333. The largest absolute Gasteiger partial charge is 0.477 e. The van der Waals surface area contributed by atoms with E-state index in [9.17, 15) is 24.3 Å². The lowest BCUT2D eigenvalue weighted by Gasteiger charge is -2.49. The molecule has 0 bridgehead atoms. The molecule has 2 saturated heterocycles. The number of thiazole rings is 1. The number of nitrogens with one attached hydrogen (secondary N) is 1. The second-order valence-electron chi connectivity index (χ2n) is 7.15. The molecule has 182 valence electrons. The third kappa shape index (κ3) is 4.33. The molecule has 4 N–H and O–H groups in total.